The molecule has 20 heavy (non-hydrogen) atoms. The third kappa shape index (κ3) is 3.81. The Balaban J connectivity index is 2.69. The summed E-state index contributed by atoms with van der Waals surface area (Å²) in [6, 6.07) is 0. The Hall–Kier alpha value is -0.900. The summed E-state index contributed by atoms with van der Waals surface area (Å²) in [5.41, 5.74) is 1.86. The number of unbranched alkanes of at least 4 members (excludes halogenated alkanes) is 1. The number of hydrogen-bond acceptors (Lipinski definition) is 4. The van der Waals surface area contributed by atoms with Crippen molar-refractivity contribution in [1.29, 1.82) is 0 Å². The van der Waals surface area contributed by atoms with Crippen molar-refractivity contribution in [2.75, 3.05) is 36.5 Å². The second-order valence-corrected chi connectivity index (χ2v) is 6.25. The van der Waals surface area contributed by atoms with Crippen LogP contribution in [0, 0.1) is 10.4 Å². The minimum atomic E-state index is 0.0493. The van der Waals surface area contributed by atoms with Crippen LogP contribution < -0.4 is 15.2 Å². The summed E-state index contributed by atoms with van der Waals surface area (Å²) < 4.78 is 0.512. The number of anilines is 2. The fourth-order valence-electron chi connectivity index (χ4n) is 2.57. The van der Waals surface area contributed by atoms with E-state index in [9.17, 15) is 4.79 Å². The topological polar surface area (TPSA) is 23.6 Å². The maximum Gasteiger partial charge on any atom is 0.224 e. The third-order valence-electron chi connectivity index (χ3n) is 3.85. The van der Waals surface area contributed by atoms with Crippen molar-refractivity contribution in [3.8, 4) is 0 Å². The van der Waals surface area contributed by atoms with Gasteiger partial charge in [-0.2, -0.15) is 0 Å². The maximum atomic E-state index is 12.0. The van der Waals surface area contributed by atoms with E-state index in [0.717, 1.165) is 43.3 Å². The second-order valence-electron chi connectivity index (χ2n) is 5.84. The molecular weight excluding hydrogens is 268 g/mol. The van der Waals surface area contributed by atoms with Crippen LogP contribution in [0.5, 0.6) is 0 Å². The first-order chi connectivity index (χ1) is 9.43. The minimum absolute atomic E-state index is 0.0493. The van der Waals surface area contributed by atoms with Gasteiger partial charge in [0.1, 0.15) is 10.2 Å². The van der Waals surface area contributed by atoms with Crippen molar-refractivity contribution in [2.45, 2.75) is 47.0 Å². The van der Waals surface area contributed by atoms with E-state index >= 15 is 0 Å². The molecule has 3 nitrogen and oxygen atoms in total. The van der Waals surface area contributed by atoms with Gasteiger partial charge in [-0.15, -0.1) is 0 Å². The van der Waals surface area contributed by atoms with Crippen molar-refractivity contribution in [3.63, 3.8) is 0 Å². The van der Waals surface area contributed by atoms with Gasteiger partial charge in [0.05, 0.1) is 5.69 Å². The first kappa shape index (κ1) is 17.2. The average molecular weight is 296 g/mol. The molecule has 0 saturated heterocycles. The van der Waals surface area contributed by atoms with Crippen LogP contribution in [0.4, 0.5) is 11.4 Å². The standard InChI is InChI=1S/C16H28N2OS/c1-6-18(7-2)14-13(15(19)16(14)20)17(5)11-9-8-10-12(3)4/h12H,6-11H2,1-5H3. The highest BCUT2D eigenvalue weighted by atomic mass is 32.1. The molecule has 0 spiro atoms. The lowest BCUT2D eigenvalue weighted by atomic mass is 10.1. The molecule has 0 heterocycles. The molecule has 1 aromatic rings. The molecule has 0 N–H and O–H groups in total. The zero-order chi connectivity index (χ0) is 15.3. The van der Waals surface area contributed by atoms with Crippen LogP contribution in [-0.2, 0) is 0 Å². The van der Waals surface area contributed by atoms with Crippen molar-refractivity contribution in [1.82, 2.24) is 0 Å². The second kappa shape index (κ2) is 7.77. The van der Waals surface area contributed by atoms with Gasteiger partial charge >= 0.3 is 0 Å². The van der Waals surface area contributed by atoms with Gasteiger partial charge in [0.2, 0.25) is 5.43 Å². The molecule has 0 fully saturated rings. The van der Waals surface area contributed by atoms with E-state index in [1.165, 1.54) is 12.8 Å². The lowest BCUT2D eigenvalue weighted by molar-refractivity contribution is 0.538. The van der Waals surface area contributed by atoms with Crippen molar-refractivity contribution >= 4 is 23.6 Å². The van der Waals surface area contributed by atoms with Crippen LogP contribution in [-0.4, -0.2) is 26.7 Å². The van der Waals surface area contributed by atoms with E-state index in [2.05, 4.69) is 37.5 Å². The van der Waals surface area contributed by atoms with Crippen LogP contribution in [0.2, 0.25) is 0 Å². The summed E-state index contributed by atoms with van der Waals surface area (Å²) in [5.74, 6) is 0.753. The Kier molecular flexibility index (Phi) is 6.66. The van der Waals surface area contributed by atoms with Crippen LogP contribution >= 0.6 is 12.2 Å². The van der Waals surface area contributed by atoms with Crippen LogP contribution in [0.15, 0.2) is 4.79 Å². The van der Waals surface area contributed by atoms with E-state index in [0.29, 0.717) is 4.51 Å². The molecule has 4 heteroatoms. The normalized spacial score (nSPS) is 11.3. The zero-order valence-electron chi connectivity index (χ0n) is 13.5. The Labute approximate surface area is 128 Å². The van der Waals surface area contributed by atoms with Gasteiger partial charge in [0, 0.05) is 26.7 Å². The smallest absolute Gasteiger partial charge is 0.224 e. The molecule has 0 saturated carbocycles. The third-order valence-corrected chi connectivity index (χ3v) is 4.23. The van der Waals surface area contributed by atoms with Gasteiger partial charge in [0.15, 0.2) is 0 Å². The zero-order valence-corrected chi connectivity index (χ0v) is 14.3. The predicted molar refractivity (Wildman–Crippen MR) is 91.4 cm³/mol. The maximum absolute atomic E-state index is 12.0. The largest absolute Gasteiger partial charge is 0.370 e. The first-order valence-corrected chi connectivity index (χ1v) is 8.14. The highest BCUT2D eigenvalue weighted by Crippen LogP contribution is 2.30. The average Bonchev–Trinajstić information content (AvgIpc) is 2.42. The van der Waals surface area contributed by atoms with Crippen molar-refractivity contribution in [3.05, 3.63) is 14.7 Å². The Morgan fingerprint density at radius 3 is 2.20 bits per heavy atom. The molecule has 1 aromatic carbocycles. The molecule has 0 atom stereocenters. The number of hydrogen-bond donors (Lipinski definition) is 0. The Bertz CT molecular complexity index is 485. The number of rotatable bonds is 9. The first-order valence-electron chi connectivity index (χ1n) is 7.73. The molecule has 0 aromatic heterocycles. The van der Waals surface area contributed by atoms with E-state index in [-0.39, 0.29) is 5.43 Å². The van der Waals surface area contributed by atoms with Crippen LogP contribution in [0.1, 0.15) is 47.0 Å². The van der Waals surface area contributed by atoms with Gasteiger partial charge < -0.3 is 9.80 Å². The SMILES string of the molecule is CCN(CC)c1c(N(C)CCCCC(C)C)c(=O)c1=S. The molecule has 114 valence electrons. The van der Waals surface area contributed by atoms with Crippen LogP contribution in [0.3, 0.4) is 0 Å². The fraction of sp³-hybridized carbons (Fsp3) is 0.750. The highest BCUT2D eigenvalue weighted by molar-refractivity contribution is 7.71. The summed E-state index contributed by atoms with van der Waals surface area (Å²) in [5, 5.41) is 0. The van der Waals surface area contributed by atoms with Gasteiger partial charge in [-0.25, -0.2) is 0 Å². The Morgan fingerprint density at radius 2 is 1.70 bits per heavy atom. The van der Waals surface area contributed by atoms with E-state index in [1.54, 1.807) is 0 Å². The molecule has 0 aliphatic rings. The summed E-state index contributed by atoms with van der Waals surface area (Å²) in [6.07, 6.45) is 3.60. The Morgan fingerprint density at radius 1 is 1.10 bits per heavy atom. The molecular formula is C16H28N2OS. The van der Waals surface area contributed by atoms with Crippen LogP contribution in [0.25, 0.3) is 0 Å². The fourth-order valence-corrected chi connectivity index (χ4v) is 2.89. The molecule has 0 bridgehead atoms. The van der Waals surface area contributed by atoms with Gasteiger partial charge in [-0.3, -0.25) is 4.79 Å². The van der Waals surface area contributed by atoms with Gasteiger partial charge in [-0.1, -0.05) is 38.9 Å². The van der Waals surface area contributed by atoms with Gasteiger partial charge in [0.25, 0.3) is 0 Å². The molecule has 0 unspecified atom stereocenters. The summed E-state index contributed by atoms with van der Waals surface area (Å²) in [4.78, 5) is 16.3. The molecule has 0 aliphatic carbocycles. The summed E-state index contributed by atoms with van der Waals surface area (Å²) in [7, 11) is 2.01. The lowest BCUT2D eigenvalue weighted by Crippen LogP contribution is -2.35. The highest BCUT2D eigenvalue weighted by Gasteiger charge is 2.24. The lowest BCUT2D eigenvalue weighted by Gasteiger charge is -2.30. The van der Waals surface area contributed by atoms with Crippen molar-refractivity contribution in [2.24, 2.45) is 5.92 Å². The predicted octanol–water partition coefficient (Wildman–Crippen LogP) is 3.76. The summed E-state index contributed by atoms with van der Waals surface area (Å²) >= 11 is 5.23. The number of nitrogens with zero attached hydrogens (tertiary/aromatic N) is 2. The minimum Gasteiger partial charge on any atom is -0.370 e. The van der Waals surface area contributed by atoms with E-state index < -0.39 is 0 Å². The molecule has 1 rings (SSSR count). The molecule has 0 amide bonds. The summed E-state index contributed by atoms with van der Waals surface area (Å²) in [6.45, 7) is 11.4. The molecule has 0 radical (unpaired) electrons. The van der Waals surface area contributed by atoms with E-state index in [1.807, 2.05) is 7.05 Å². The van der Waals surface area contributed by atoms with Crippen molar-refractivity contribution < 1.29 is 0 Å². The molecule has 0 aliphatic heterocycles. The monoisotopic (exact) mass is 296 g/mol. The quantitative estimate of drug-likeness (QED) is 0.511. The van der Waals surface area contributed by atoms with E-state index in [4.69, 9.17) is 12.2 Å². The van der Waals surface area contributed by atoms with Gasteiger partial charge in [-0.05, 0) is 26.2 Å².